The average Bonchev–Trinajstić information content (AvgIpc) is 2.71. The van der Waals surface area contributed by atoms with Gasteiger partial charge in [0.25, 0.3) is 10.0 Å². The number of rotatable bonds is 9. The molecule has 0 saturated carbocycles. The summed E-state index contributed by atoms with van der Waals surface area (Å²) in [5, 5.41) is 16.9. The maximum absolute atomic E-state index is 12.8. The van der Waals surface area contributed by atoms with Crippen LogP contribution in [0.1, 0.15) is 49.2 Å². The highest BCUT2D eigenvalue weighted by atomic mass is 32.2. The summed E-state index contributed by atoms with van der Waals surface area (Å²) in [5.41, 5.74) is 1.74. The van der Waals surface area contributed by atoms with Gasteiger partial charge < -0.3 is 15.1 Å². The highest BCUT2D eigenvalue weighted by Crippen LogP contribution is 2.25. The lowest BCUT2D eigenvalue weighted by atomic mass is 10.1. The molecule has 1 heterocycles. The summed E-state index contributed by atoms with van der Waals surface area (Å²) in [5.74, 6) is -2.93. The second kappa shape index (κ2) is 12.7. The lowest BCUT2D eigenvalue weighted by molar-refractivity contribution is -0.192. The molecule has 13 heteroatoms. The van der Waals surface area contributed by atoms with Crippen molar-refractivity contribution in [1.29, 1.82) is 0 Å². The number of hydrogen-bond donors (Lipinski definition) is 3. The summed E-state index contributed by atoms with van der Waals surface area (Å²) in [6.45, 7) is 13.2. The van der Waals surface area contributed by atoms with E-state index in [0.29, 0.717) is 30.7 Å². The minimum atomic E-state index is -5.08. The van der Waals surface area contributed by atoms with Crippen LogP contribution in [0.3, 0.4) is 0 Å². The molecule has 3 N–H and O–H groups in total. The molecule has 0 aliphatic carbocycles. The molecule has 37 heavy (non-hydrogen) atoms. The molecule has 2 aromatic rings. The van der Waals surface area contributed by atoms with E-state index >= 15 is 0 Å². The van der Waals surface area contributed by atoms with Crippen LogP contribution in [0.5, 0.6) is 0 Å². The number of benzene rings is 1. The van der Waals surface area contributed by atoms with Crippen molar-refractivity contribution < 1.29 is 41.4 Å². The maximum atomic E-state index is 12.8. The van der Waals surface area contributed by atoms with Gasteiger partial charge in [0.1, 0.15) is 11.4 Å². The van der Waals surface area contributed by atoms with Crippen molar-refractivity contribution >= 4 is 33.5 Å². The molecule has 9 nitrogen and oxygen atoms in total. The first-order valence-corrected chi connectivity index (χ1v) is 12.7. The zero-order valence-electron chi connectivity index (χ0n) is 21.4. The predicted octanol–water partition coefficient (Wildman–Crippen LogP) is 4.95. The molecule has 206 valence electrons. The standard InChI is InChI=1S/C22H31N3O4S.C2HF3O2/c1-14(2)12-25(13-15(3)4)21-20(22(26)27)10-18(11-23-21)24-30(28,29)19-8-16(5)7-17(6)9-19;3-2(4,5)1(6)7/h7-11,14-15,24H,12-13H2,1-6H3,(H,26,27);(H,6,7). The summed E-state index contributed by atoms with van der Waals surface area (Å²) in [7, 11) is -3.87. The number of carbonyl (C=O) groups is 2. The molecule has 0 fully saturated rings. The Balaban J connectivity index is 0.000000856. The minimum Gasteiger partial charge on any atom is -0.478 e. The Labute approximate surface area is 214 Å². The van der Waals surface area contributed by atoms with Gasteiger partial charge in [-0.1, -0.05) is 33.8 Å². The first-order valence-electron chi connectivity index (χ1n) is 11.2. The smallest absolute Gasteiger partial charge is 0.478 e. The van der Waals surface area contributed by atoms with Crippen molar-refractivity contribution in [1.82, 2.24) is 4.98 Å². The van der Waals surface area contributed by atoms with E-state index < -0.39 is 28.1 Å². The van der Waals surface area contributed by atoms with Gasteiger partial charge in [0.05, 0.1) is 16.8 Å². The lowest BCUT2D eigenvalue weighted by Crippen LogP contribution is -2.33. The number of hydrogen-bond acceptors (Lipinski definition) is 6. The number of anilines is 2. The Morgan fingerprint density at radius 3 is 1.81 bits per heavy atom. The zero-order valence-corrected chi connectivity index (χ0v) is 22.2. The molecule has 1 aromatic heterocycles. The molecule has 0 bridgehead atoms. The van der Waals surface area contributed by atoms with E-state index in [1.807, 2.05) is 24.8 Å². The second-order valence-corrected chi connectivity index (χ2v) is 11.0. The summed E-state index contributed by atoms with van der Waals surface area (Å²) in [6.07, 6.45) is -3.71. The van der Waals surface area contributed by atoms with Crippen molar-refractivity contribution in [3.63, 3.8) is 0 Å². The van der Waals surface area contributed by atoms with Gasteiger partial charge in [0, 0.05) is 13.1 Å². The first kappa shape index (κ1) is 31.7. The Morgan fingerprint density at radius 1 is 0.973 bits per heavy atom. The van der Waals surface area contributed by atoms with E-state index in [4.69, 9.17) is 9.90 Å². The molecule has 0 saturated heterocycles. The first-order chi connectivity index (χ1) is 16.8. The molecule has 2 rings (SSSR count). The number of halogens is 3. The Hall–Kier alpha value is -3.35. The number of aryl methyl sites for hydroxylation is 2. The number of sulfonamides is 1. The highest BCUT2D eigenvalue weighted by molar-refractivity contribution is 7.92. The van der Waals surface area contributed by atoms with Crippen LogP contribution in [0.4, 0.5) is 24.7 Å². The molecule has 0 atom stereocenters. The van der Waals surface area contributed by atoms with Crippen molar-refractivity contribution in [3.05, 3.63) is 47.2 Å². The number of alkyl halides is 3. The molecular weight excluding hydrogens is 515 g/mol. The second-order valence-electron chi connectivity index (χ2n) is 9.32. The predicted molar refractivity (Wildman–Crippen MR) is 134 cm³/mol. The van der Waals surface area contributed by atoms with Crippen molar-refractivity contribution in [3.8, 4) is 0 Å². The van der Waals surface area contributed by atoms with Crippen LogP contribution in [0, 0.1) is 25.7 Å². The summed E-state index contributed by atoms with van der Waals surface area (Å²) >= 11 is 0. The van der Waals surface area contributed by atoms with E-state index in [0.717, 1.165) is 11.1 Å². The Bertz CT molecular complexity index is 1180. The monoisotopic (exact) mass is 547 g/mol. The van der Waals surface area contributed by atoms with Crippen molar-refractivity contribution in [2.45, 2.75) is 52.6 Å². The maximum Gasteiger partial charge on any atom is 0.490 e. The molecule has 0 amide bonds. The molecule has 0 aliphatic heterocycles. The summed E-state index contributed by atoms with van der Waals surface area (Å²) in [4.78, 5) is 27.2. The number of carboxylic acids is 2. The number of aliphatic carboxylic acids is 1. The molecule has 1 aromatic carbocycles. The molecule has 0 unspecified atom stereocenters. The van der Waals surface area contributed by atoms with Gasteiger partial charge in [-0.15, -0.1) is 0 Å². The van der Waals surface area contributed by atoms with Crippen LogP contribution in [0.25, 0.3) is 0 Å². The van der Waals surface area contributed by atoms with Crippen LogP contribution in [0.2, 0.25) is 0 Å². The Kier molecular flexibility index (Phi) is 10.9. The van der Waals surface area contributed by atoms with Gasteiger partial charge in [-0.05, 0) is 55.0 Å². The quantitative estimate of drug-likeness (QED) is 0.401. The number of aromatic nitrogens is 1. The zero-order chi connectivity index (χ0) is 28.7. The largest absolute Gasteiger partial charge is 0.490 e. The summed E-state index contributed by atoms with van der Waals surface area (Å²) in [6, 6.07) is 6.36. The highest BCUT2D eigenvalue weighted by Gasteiger charge is 2.38. The third-order valence-corrected chi connectivity index (χ3v) is 5.93. The van der Waals surface area contributed by atoms with Crippen molar-refractivity contribution in [2.75, 3.05) is 22.7 Å². The van der Waals surface area contributed by atoms with Gasteiger partial charge >= 0.3 is 18.1 Å². The van der Waals surface area contributed by atoms with Gasteiger partial charge in [0.15, 0.2) is 0 Å². The van der Waals surface area contributed by atoms with Gasteiger partial charge in [-0.3, -0.25) is 4.72 Å². The van der Waals surface area contributed by atoms with Crippen molar-refractivity contribution in [2.24, 2.45) is 11.8 Å². The lowest BCUT2D eigenvalue weighted by Gasteiger charge is -2.28. The van der Waals surface area contributed by atoms with Crippen LogP contribution in [-0.2, 0) is 14.8 Å². The van der Waals surface area contributed by atoms with Gasteiger partial charge in [-0.25, -0.2) is 23.0 Å². The fourth-order valence-corrected chi connectivity index (χ4v) is 4.58. The van der Waals surface area contributed by atoms with Crippen LogP contribution in [-0.4, -0.2) is 54.8 Å². The van der Waals surface area contributed by atoms with E-state index in [9.17, 15) is 31.5 Å². The fraction of sp³-hybridized carbons (Fsp3) is 0.458. The molecule has 0 radical (unpaired) electrons. The molecule has 0 aliphatic rings. The number of pyridine rings is 1. The van der Waals surface area contributed by atoms with E-state index in [-0.39, 0.29) is 16.1 Å². The third-order valence-electron chi connectivity index (χ3n) is 4.57. The third kappa shape index (κ3) is 10.3. The van der Waals surface area contributed by atoms with E-state index in [1.54, 1.807) is 12.1 Å². The SMILES string of the molecule is Cc1cc(C)cc(S(=O)(=O)Nc2cnc(N(CC(C)C)CC(C)C)c(C(=O)O)c2)c1.O=C(O)C(F)(F)F. The van der Waals surface area contributed by atoms with Crippen LogP contribution in [0.15, 0.2) is 35.4 Å². The number of nitrogens with zero attached hydrogens (tertiary/aromatic N) is 2. The van der Waals surface area contributed by atoms with E-state index in [1.165, 1.54) is 12.3 Å². The van der Waals surface area contributed by atoms with Gasteiger partial charge in [0.2, 0.25) is 0 Å². The topological polar surface area (TPSA) is 137 Å². The number of carboxylic acid groups (broad SMARTS) is 2. The minimum absolute atomic E-state index is 0.0306. The normalized spacial score (nSPS) is 11.6. The van der Waals surface area contributed by atoms with E-state index in [2.05, 4.69) is 37.4 Å². The summed E-state index contributed by atoms with van der Waals surface area (Å²) < 4.78 is 59.8. The number of aromatic carboxylic acids is 1. The van der Waals surface area contributed by atoms with Crippen LogP contribution < -0.4 is 9.62 Å². The number of nitrogens with one attached hydrogen (secondary N) is 1. The molecular formula is C24H32F3N3O6S. The average molecular weight is 548 g/mol. The molecule has 0 spiro atoms. The Morgan fingerprint density at radius 2 is 1.43 bits per heavy atom. The van der Waals surface area contributed by atoms with Gasteiger partial charge in [-0.2, -0.15) is 13.2 Å². The fourth-order valence-electron chi connectivity index (χ4n) is 3.35. The van der Waals surface area contributed by atoms with Crippen LogP contribution >= 0.6 is 0 Å².